The second-order valence-electron chi connectivity index (χ2n) is 5.98. The van der Waals surface area contributed by atoms with Crippen LogP contribution in [0.3, 0.4) is 0 Å². The lowest BCUT2D eigenvalue weighted by Gasteiger charge is -2.15. The minimum absolute atomic E-state index is 0.108. The Hall–Kier alpha value is -3.12. The molecule has 0 bridgehead atoms. The van der Waals surface area contributed by atoms with Crippen LogP contribution < -0.4 is 15.4 Å². The summed E-state index contributed by atoms with van der Waals surface area (Å²) in [5.74, 6) is -4.45. The zero-order valence-electron chi connectivity index (χ0n) is 16.0. The van der Waals surface area contributed by atoms with E-state index >= 15 is 0 Å². The van der Waals surface area contributed by atoms with Gasteiger partial charge in [0.15, 0.2) is 6.61 Å². The number of benzene rings is 1. The summed E-state index contributed by atoms with van der Waals surface area (Å²) < 4.78 is 106. The van der Waals surface area contributed by atoms with Crippen molar-refractivity contribution in [3.05, 3.63) is 47.5 Å². The third kappa shape index (κ3) is 9.49. The van der Waals surface area contributed by atoms with Crippen molar-refractivity contribution in [1.82, 2.24) is 10.3 Å². The van der Waals surface area contributed by atoms with Crippen molar-refractivity contribution in [3.63, 3.8) is 0 Å². The van der Waals surface area contributed by atoms with Gasteiger partial charge in [-0.1, -0.05) is 12.1 Å². The number of anilines is 2. The highest BCUT2D eigenvalue weighted by molar-refractivity contribution is 5.58. The number of pyridine rings is 1. The summed E-state index contributed by atoms with van der Waals surface area (Å²) in [6.07, 6.45) is -8.99. The lowest BCUT2D eigenvalue weighted by molar-refractivity contribution is -0.154. The van der Waals surface area contributed by atoms with Gasteiger partial charge in [0.05, 0.1) is 5.56 Å². The molecule has 0 radical (unpaired) electrons. The number of nitrogens with one attached hydrogen (secondary N) is 2. The monoisotopic (exact) mass is 459 g/mol. The van der Waals surface area contributed by atoms with Crippen molar-refractivity contribution >= 4 is 17.9 Å². The van der Waals surface area contributed by atoms with Crippen molar-refractivity contribution in [1.29, 1.82) is 0 Å². The molecule has 0 aliphatic heterocycles. The fourth-order valence-electron chi connectivity index (χ4n) is 1.96. The molecule has 31 heavy (non-hydrogen) atoms. The number of halogens is 8. The maximum atomic E-state index is 13.2. The molecule has 0 unspecified atom stereocenters. The fraction of sp³-hybridized carbons (Fsp3) is 0.333. The number of ether oxygens (including phenoxy) is 1. The Morgan fingerprint density at radius 1 is 0.968 bits per heavy atom. The highest BCUT2D eigenvalue weighted by Gasteiger charge is 2.33. The maximum absolute atomic E-state index is 13.2. The number of nitrogens with zero attached hydrogens (tertiary/aromatic N) is 1. The molecule has 5 nitrogen and oxygen atoms in total. The van der Waals surface area contributed by atoms with E-state index in [0.717, 1.165) is 12.1 Å². The van der Waals surface area contributed by atoms with E-state index in [0.29, 0.717) is 25.5 Å². The number of carbonyl (C=O) groups is 1. The number of carbonyl (C=O) groups excluding carboxylic acids is 1. The number of amides is 1. The lowest BCUT2D eigenvalue weighted by Crippen LogP contribution is -2.20. The Bertz CT molecular complexity index is 847. The first kappa shape index (κ1) is 25.9. The van der Waals surface area contributed by atoms with Crippen LogP contribution in [-0.4, -0.2) is 31.2 Å². The summed E-state index contributed by atoms with van der Waals surface area (Å²) in [6, 6.07) is 5.34. The van der Waals surface area contributed by atoms with E-state index in [1.165, 1.54) is 12.1 Å². The average molecular weight is 459 g/mol. The summed E-state index contributed by atoms with van der Waals surface area (Å²) in [5.41, 5.74) is -1.50. The largest absolute Gasteiger partial charge is 0.468 e. The smallest absolute Gasteiger partial charge is 0.422 e. The number of hydrogen-bond acceptors (Lipinski definition) is 4. The molecule has 0 saturated carbocycles. The topological polar surface area (TPSA) is 63.2 Å². The van der Waals surface area contributed by atoms with Crippen LogP contribution in [0, 0.1) is 0 Å². The van der Waals surface area contributed by atoms with Crippen molar-refractivity contribution in [2.24, 2.45) is 0 Å². The van der Waals surface area contributed by atoms with Gasteiger partial charge in [0.2, 0.25) is 12.3 Å². The van der Waals surface area contributed by atoms with Gasteiger partial charge in [-0.15, -0.1) is 0 Å². The third-order valence-electron chi connectivity index (χ3n) is 3.29. The zero-order chi connectivity index (χ0) is 23.9. The Kier molecular flexibility index (Phi) is 8.58. The van der Waals surface area contributed by atoms with E-state index in [1.54, 1.807) is 7.05 Å². The molecular formula is C18H17F8N3O2. The number of rotatable bonds is 6. The standard InChI is InChI=1S/C16H12F8N2O.C2H5NO/c1-14(17,18)9-2-4-11(5-3-9)25-12-6-10(16(22,23)24)7-13(26-12)27-8-15(19,20)21;1-3-2-4/h2-7H,8H2,1H3,(H,25,26);2H,1H3,(H,3,4). The number of hydrogen-bond donors (Lipinski definition) is 2. The van der Waals surface area contributed by atoms with Gasteiger partial charge in [-0.05, 0) is 18.2 Å². The maximum Gasteiger partial charge on any atom is 0.422 e. The molecule has 1 heterocycles. The quantitative estimate of drug-likeness (QED) is 0.457. The van der Waals surface area contributed by atoms with Gasteiger partial charge >= 0.3 is 12.4 Å². The molecule has 2 aromatic rings. The molecular weight excluding hydrogens is 442 g/mol. The fourth-order valence-corrected chi connectivity index (χ4v) is 1.96. The Morgan fingerprint density at radius 2 is 1.52 bits per heavy atom. The van der Waals surface area contributed by atoms with E-state index < -0.39 is 42.1 Å². The molecule has 0 saturated heterocycles. The summed E-state index contributed by atoms with van der Waals surface area (Å²) >= 11 is 0. The second kappa shape index (κ2) is 10.3. The highest BCUT2D eigenvalue weighted by Crippen LogP contribution is 2.34. The normalized spacial score (nSPS) is 11.8. The van der Waals surface area contributed by atoms with Crippen LogP contribution >= 0.6 is 0 Å². The molecule has 0 fully saturated rings. The van der Waals surface area contributed by atoms with Crippen molar-refractivity contribution in [2.45, 2.75) is 25.2 Å². The molecule has 0 aliphatic rings. The third-order valence-corrected chi connectivity index (χ3v) is 3.29. The van der Waals surface area contributed by atoms with E-state index in [9.17, 15) is 35.1 Å². The summed E-state index contributed by atoms with van der Waals surface area (Å²) in [5, 5.41) is 4.67. The number of alkyl halides is 8. The number of aromatic nitrogens is 1. The van der Waals surface area contributed by atoms with Gasteiger partial charge in [0.25, 0.3) is 5.92 Å². The Labute approximate surface area is 171 Å². The van der Waals surface area contributed by atoms with Gasteiger partial charge in [-0.3, -0.25) is 4.79 Å². The van der Waals surface area contributed by atoms with Gasteiger partial charge in [-0.2, -0.15) is 31.3 Å². The molecule has 0 spiro atoms. The van der Waals surface area contributed by atoms with E-state index in [-0.39, 0.29) is 11.3 Å². The average Bonchev–Trinajstić information content (AvgIpc) is 2.65. The van der Waals surface area contributed by atoms with E-state index in [4.69, 9.17) is 4.79 Å². The van der Waals surface area contributed by atoms with Crippen LogP contribution in [0.4, 0.5) is 46.6 Å². The highest BCUT2D eigenvalue weighted by atomic mass is 19.4. The van der Waals surface area contributed by atoms with Crippen molar-refractivity contribution in [2.75, 3.05) is 19.0 Å². The minimum atomic E-state index is -4.86. The summed E-state index contributed by atoms with van der Waals surface area (Å²) in [6.45, 7) is -1.14. The molecule has 0 aliphatic carbocycles. The first-order valence-electron chi connectivity index (χ1n) is 8.31. The van der Waals surface area contributed by atoms with Crippen LogP contribution in [-0.2, 0) is 16.9 Å². The van der Waals surface area contributed by atoms with Gasteiger partial charge in [0, 0.05) is 31.3 Å². The Balaban J connectivity index is 0.00000110. The molecule has 1 aromatic carbocycles. The van der Waals surface area contributed by atoms with Gasteiger partial charge in [0.1, 0.15) is 5.82 Å². The van der Waals surface area contributed by atoms with Crippen LogP contribution in [0.5, 0.6) is 5.88 Å². The molecule has 1 aromatic heterocycles. The van der Waals surface area contributed by atoms with Crippen molar-refractivity contribution in [3.8, 4) is 5.88 Å². The molecule has 1 amide bonds. The zero-order valence-corrected chi connectivity index (χ0v) is 16.0. The van der Waals surface area contributed by atoms with Crippen LogP contribution in [0.2, 0.25) is 0 Å². The first-order valence-corrected chi connectivity index (χ1v) is 8.31. The summed E-state index contributed by atoms with van der Waals surface area (Å²) in [7, 11) is 1.56. The van der Waals surface area contributed by atoms with Crippen LogP contribution in [0.1, 0.15) is 18.1 Å². The lowest BCUT2D eigenvalue weighted by atomic mass is 10.1. The predicted molar refractivity (Wildman–Crippen MR) is 95.2 cm³/mol. The minimum Gasteiger partial charge on any atom is -0.468 e. The Morgan fingerprint density at radius 3 is 1.94 bits per heavy atom. The molecule has 13 heteroatoms. The SMILES string of the molecule is CC(F)(F)c1ccc(Nc2cc(C(F)(F)F)cc(OCC(F)(F)F)n2)cc1.CNC=O. The second-order valence-corrected chi connectivity index (χ2v) is 5.98. The van der Waals surface area contributed by atoms with Crippen LogP contribution in [0.15, 0.2) is 36.4 Å². The summed E-state index contributed by atoms with van der Waals surface area (Å²) in [4.78, 5) is 12.6. The van der Waals surface area contributed by atoms with E-state index in [1.807, 2.05) is 0 Å². The molecule has 0 atom stereocenters. The predicted octanol–water partition coefficient (Wildman–Crippen LogP) is 5.26. The van der Waals surface area contributed by atoms with Crippen LogP contribution in [0.25, 0.3) is 0 Å². The first-order chi connectivity index (χ1) is 14.2. The van der Waals surface area contributed by atoms with Gasteiger partial charge in [-0.25, -0.2) is 8.78 Å². The van der Waals surface area contributed by atoms with E-state index in [2.05, 4.69) is 20.4 Å². The molecule has 2 N–H and O–H groups in total. The van der Waals surface area contributed by atoms with Gasteiger partial charge < -0.3 is 15.4 Å². The molecule has 172 valence electrons. The van der Waals surface area contributed by atoms with Crippen molar-refractivity contribution < 1.29 is 44.7 Å². The molecule has 2 rings (SSSR count).